The van der Waals surface area contributed by atoms with Crippen molar-refractivity contribution in [2.75, 3.05) is 16.8 Å². The van der Waals surface area contributed by atoms with Gasteiger partial charge in [0.15, 0.2) is 0 Å². The van der Waals surface area contributed by atoms with Gasteiger partial charge in [-0.15, -0.1) is 0 Å². The van der Waals surface area contributed by atoms with E-state index in [9.17, 15) is 13.0 Å². The molecule has 0 bridgehead atoms. The van der Waals surface area contributed by atoms with Crippen LogP contribution in [-0.4, -0.2) is 27.9 Å². The zero-order chi connectivity index (χ0) is 14.0. The van der Waals surface area contributed by atoms with E-state index in [0.29, 0.717) is 0 Å². The second kappa shape index (κ2) is 6.33. The number of benzene rings is 1. The molecule has 0 amide bonds. The average Bonchev–Trinajstić information content (AvgIpc) is 2.26. The first-order valence-corrected chi connectivity index (χ1v) is 6.36. The van der Waals surface area contributed by atoms with Gasteiger partial charge in [0.1, 0.15) is 10.1 Å². The minimum Gasteiger partial charge on any atom is -0.744 e. The summed E-state index contributed by atoms with van der Waals surface area (Å²) in [5.41, 5.74) is 10.8. The Bertz CT molecular complexity index is 703. The molecule has 0 spiro atoms. The summed E-state index contributed by atoms with van der Waals surface area (Å²) in [7, 11) is -4.62. The summed E-state index contributed by atoms with van der Waals surface area (Å²) in [5.74, 6) is -0.309. The molecule has 0 saturated carbocycles. The van der Waals surface area contributed by atoms with Crippen molar-refractivity contribution in [3.8, 4) is 0 Å². The topological polar surface area (TPSA) is 160 Å². The molecule has 0 aliphatic carbocycles. The van der Waals surface area contributed by atoms with Gasteiger partial charge in [0.2, 0.25) is 17.8 Å². The van der Waals surface area contributed by atoms with Gasteiger partial charge in [-0.25, -0.2) is 8.42 Å². The average molecular weight is 304 g/mol. The van der Waals surface area contributed by atoms with Crippen LogP contribution in [-0.2, 0) is 10.1 Å². The van der Waals surface area contributed by atoms with E-state index in [0.717, 1.165) is 0 Å². The van der Waals surface area contributed by atoms with Crippen LogP contribution < -0.4 is 46.3 Å². The van der Waals surface area contributed by atoms with Crippen LogP contribution in [0.2, 0.25) is 0 Å². The molecule has 0 aliphatic rings. The number of nitrogens with zero attached hydrogens (tertiary/aromatic N) is 3. The molecule has 2 rings (SSSR count). The Morgan fingerprint density at radius 2 is 1.60 bits per heavy atom. The van der Waals surface area contributed by atoms with E-state index in [4.69, 9.17) is 11.5 Å². The van der Waals surface area contributed by atoms with Crippen molar-refractivity contribution in [3.05, 3.63) is 24.3 Å². The zero-order valence-electron chi connectivity index (χ0n) is 10.4. The number of hydrogen-bond acceptors (Lipinski definition) is 9. The quantitative estimate of drug-likeness (QED) is 0.389. The summed E-state index contributed by atoms with van der Waals surface area (Å²) in [6.45, 7) is 0. The van der Waals surface area contributed by atoms with E-state index >= 15 is 0 Å². The van der Waals surface area contributed by atoms with Crippen molar-refractivity contribution >= 4 is 33.7 Å². The Balaban J connectivity index is 0.00000200. The number of hydrogen-bond donors (Lipinski definition) is 3. The largest absolute Gasteiger partial charge is 1.00 e. The van der Waals surface area contributed by atoms with E-state index in [-0.39, 0.29) is 53.1 Å². The summed E-state index contributed by atoms with van der Waals surface area (Å²) >= 11 is 0. The molecule has 1 heterocycles. The third kappa shape index (κ3) is 4.02. The fourth-order valence-electron chi connectivity index (χ4n) is 1.37. The molecule has 1 aromatic carbocycles. The fourth-order valence-corrected chi connectivity index (χ4v) is 2.01. The van der Waals surface area contributed by atoms with Gasteiger partial charge in [-0.05, 0) is 12.1 Å². The monoisotopic (exact) mass is 304 g/mol. The fraction of sp³-hybridized carbons (Fsp3) is 0. The second-order valence-corrected chi connectivity index (χ2v) is 4.80. The Morgan fingerprint density at radius 1 is 1.05 bits per heavy atom. The van der Waals surface area contributed by atoms with Gasteiger partial charge in [0.05, 0.1) is 10.6 Å². The van der Waals surface area contributed by atoms with Crippen LogP contribution >= 0.6 is 0 Å². The van der Waals surface area contributed by atoms with Crippen molar-refractivity contribution < 1.29 is 42.5 Å². The number of aromatic nitrogens is 3. The van der Waals surface area contributed by atoms with Gasteiger partial charge in [0, 0.05) is 0 Å². The SMILES string of the molecule is Nc1nc(N)nc(Nc2ccccc2S(=O)(=O)[O-])n1.[Na+]. The maximum Gasteiger partial charge on any atom is 1.00 e. The molecule has 9 nitrogen and oxygen atoms in total. The van der Waals surface area contributed by atoms with Crippen LogP contribution in [0.15, 0.2) is 29.2 Å². The molecule has 0 unspecified atom stereocenters. The van der Waals surface area contributed by atoms with E-state index in [1.165, 1.54) is 18.2 Å². The molecule has 5 N–H and O–H groups in total. The van der Waals surface area contributed by atoms with Gasteiger partial charge < -0.3 is 21.3 Å². The summed E-state index contributed by atoms with van der Waals surface area (Å²) in [5, 5.41) is 2.56. The van der Waals surface area contributed by atoms with Crippen LogP contribution in [0.5, 0.6) is 0 Å². The maximum absolute atomic E-state index is 11.1. The molecule has 20 heavy (non-hydrogen) atoms. The number of nitrogen functional groups attached to an aromatic ring is 2. The van der Waals surface area contributed by atoms with Gasteiger partial charge in [-0.1, -0.05) is 12.1 Å². The first-order chi connectivity index (χ1) is 8.86. The third-order valence-electron chi connectivity index (χ3n) is 2.07. The smallest absolute Gasteiger partial charge is 0.744 e. The van der Waals surface area contributed by atoms with E-state index in [2.05, 4.69) is 20.3 Å². The van der Waals surface area contributed by atoms with Crippen molar-refractivity contribution in [1.82, 2.24) is 15.0 Å². The van der Waals surface area contributed by atoms with E-state index in [1.807, 2.05) is 0 Å². The Kier molecular flexibility index (Phi) is 5.25. The predicted molar refractivity (Wildman–Crippen MR) is 66.3 cm³/mol. The number of nitrogens with two attached hydrogens (primary N) is 2. The molecule has 0 radical (unpaired) electrons. The Hall–Kier alpha value is -1.46. The molecular formula is C9H9N6NaO3S. The zero-order valence-corrected chi connectivity index (χ0v) is 13.3. The molecule has 11 heteroatoms. The van der Waals surface area contributed by atoms with Gasteiger partial charge in [0.25, 0.3) is 0 Å². The second-order valence-electron chi connectivity index (χ2n) is 3.45. The van der Waals surface area contributed by atoms with Crippen LogP contribution in [0.3, 0.4) is 0 Å². The first kappa shape index (κ1) is 16.6. The summed E-state index contributed by atoms with van der Waals surface area (Å²) < 4.78 is 33.2. The van der Waals surface area contributed by atoms with Crippen LogP contribution in [0.4, 0.5) is 23.5 Å². The number of nitrogens with one attached hydrogen (secondary N) is 1. The van der Waals surface area contributed by atoms with Crippen LogP contribution in [0.25, 0.3) is 0 Å². The van der Waals surface area contributed by atoms with Gasteiger partial charge in [-0.3, -0.25) is 0 Å². The first-order valence-electron chi connectivity index (χ1n) is 4.95. The molecule has 1 aromatic heterocycles. The van der Waals surface area contributed by atoms with Gasteiger partial charge in [-0.2, -0.15) is 15.0 Å². The van der Waals surface area contributed by atoms with Gasteiger partial charge >= 0.3 is 29.6 Å². The normalized spacial score (nSPS) is 10.7. The number of anilines is 4. The summed E-state index contributed by atoms with van der Waals surface area (Å²) in [4.78, 5) is 10.6. The van der Waals surface area contributed by atoms with Crippen molar-refractivity contribution in [3.63, 3.8) is 0 Å². The number of para-hydroxylation sites is 1. The molecule has 100 valence electrons. The standard InChI is InChI=1S/C9H10N6O3S.Na/c10-7-13-8(11)15-9(14-7)12-5-3-1-2-4-6(5)19(16,17)18;/h1-4H,(H,16,17,18)(H5,10,11,12,13,14,15);/q;+1/p-1. The Morgan fingerprint density at radius 3 is 2.15 bits per heavy atom. The third-order valence-corrected chi connectivity index (χ3v) is 2.97. The van der Waals surface area contributed by atoms with Crippen molar-refractivity contribution in [2.24, 2.45) is 0 Å². The molecule has 0 aliphatic heterocycles. The van der Waals surface area contributed by atoms with Crippen LogP contribution in [0.1, 0.15) is 0 Å². The predicted octanol–water partition coefficient (Wildman–Crippen LogP) is -3.31. The molecule has 2 aromatic rings. The van der Waals surface area contributed by atoms with E-state index < -0.39 is 15.0 Å². The summed E-state index contributed by atoms with van der Waals surface area (Å²) in [6.07, 6.45) is 0. The Labute approximate surface area is 136 Å². The number of rotatable bonds is 3. The molecule has 0 atom stereocenters. The van der Waals surface area contributed by atoms with Crippen LogP contribution in [0, 0.1) is 0 Å². The van der Waals surface area contributed by atoms with Crippen molar-refractivity contribution in [2.45, 2.75) is 4.90 Å². The molecule has 0 saturated heterocycles. The molecule has 0 fully saturated rings. The minimum atomic E-state index is -4.62. The molecular weight excluding hydrogens is 295 g/mol. The van der Waals surface area contributed by atoms with E-state index in [1.54, 1.807) is 6.07 Å². The summed E-state index contributed by atoms with van der Waals surface area (Å²) in [6, 6.07) is 5.52. The maximum atomic E-state index is 11.1. The minimum absolute atomic E-state index is 0. The van der Waals surface area contributed by atoms with Crippen molar-refractivity contribution in [1.29, 1.82) is 0 Å².